The molecular formula is C14H28O10P2. The third-order valence-corrected chi connectivity index (χ3v) is 6.46. The second kappa shape index (κ2) is 13.4. The van der Waals surface area contributed by atoms with Crippen molar-refractivity contribution in [3.63, 3.8) is 0 Å². The van der Waals surface area contributed by atoms with Gasteiger partial charge in [-0.2, -0.15) is 0 Å². The smallest absolute Gasteiger partial charge is 0.341 e. The monoisotopic (exact) mass is 418 g/mol. The second-order valence-electron chi connectivity index (χ2n) is 4.65. The number of esters is 2. The Kier molecular flexibility index (Phi) is 13.0. The highest BCUT2D eigenvalue weighted by Gasteiger charge is 2.30. The summed E-state index contributed by atoms with van der Waals surface area (Å²) in [6.07, 6.45) is -1.07. The minimum atomic E-state index is -3.54. The molecule has 0 aliphatic rings. The third kappa shape index (κ3) is 11.1. The van der Waals surface area contributed by atoms with Gasteiger partial charge in [-0.1, -0.05) is 0 Å². The lowest BCUT2D eigenvalue weighted by atomic mass is 10.7. The average Bonchev–Trinajstić information content (AvgIpc) is 2.52. The van der Waals surface area contributed by atoms with Gasteiger partial charge in [-0.25, -0.2) is 0 Å². The van der Waals surface area contributed by atoms with Crippen LogP contribution in [0.4, 0.5) is 0 Å². The minimum absolute atomic E-state index is 0.127. The third-order valence-electron chi connectivity index (χ3n) is 2.56. The molecule has 0 saturated heterocycles. The predicted octanol–water partition coefficient (Wildman–Crippen LogP) is 2.61. The molecule has 0 atom stereocenters. The molecule has 0 N–H and O–H groups in total. The first-order chi connectivity index (χ1) is 12.2. The van der Waals surface area contributed by atoms with Gasteiger partial charge in [0.1, 0.15) is 25.5 Å². The fourth-order valence-electron chi connectivity index (χ4n) is 1.76. The van der Waals surface area contributed by atoms with Crippen LogP contribution in [0.1, 0.15) is 27.7 Å². The molecule has 0 aliphatic heterocycles. The number of hydrogen-bond acceptors (Lipinski definition) is 10. The van der Waals surface area contributed by atoms with Gasteiger partial charge in [-0.15, -0.1) is 0 Å². The van der Waals surface area contributed by atoms with Crippen molar-refractivity contribution in [2.75, 3.05) is 52.0 Å². The normalized spacial score (nSPS) is 12.0. The Morgan fingerprint density at radius 3 is 1.12 bits per heavy atom. The minimum Gasteiger partial charge on any atom is -0.462 e. The molecular weight excluding hydrogens is 390 g/mol. The van der Waals surface area contributed by atoms with Crippen LogP contribution in [-0.4, -0.2) is 63.9 Å². The molecule has 0 aliphatic carbocycles. The standard InChI is InChI=1S/C14H28O10P2/c1-5-21-25(17,22-6-2)11-13(15)19-9-10-20-14(16)12-26(18,23-7-3)24-8-4/h5-12H2,1-4H3. The number of ether oxygens (including phenoxy) is 2. The Bertz CT molecular complexity index is 456. The van der Waals surface area contributed by atoms with E-state index in [0.29, 0.717) is 0 Å². The zero-order valence-electron chi connectivity index (χ0n) is 15.6. The van der Waals surface area contributed by atoms with Crippen LogP contribution in [0.15, 0.2) is 0 Å². The zero-order valence-corrected chi connectivity index (χ0v) is 17.4. The summed E-state index contributed by atoms with van der Waals surface area (Å²) in [5.41, 5.74) is 0. The Hall–Kier alpha value is -0.760. The summed E-state index contributed by atoms with van der Waals surface area (Å²) in [6.45, 7) is 6.50. The van der Waals surface area contributed by atoms with Crippen molar-refractivity contribution in [3.8, 4) is 0 Å². The fraction of sp³-hybridized carbons (Fsp3) is 0.857. The van der Waals surface area contributed by atoms with E-state index in [1.54, 1.807) is 27.7 Å². The van der Waals surface area contributed by atoms with E-state index < -0.39 is 39.5 Å². The van der Waals surface area contributed by atoms with E-state index >= 15 is 0 Å². The van der Waals surface area contributed by atoms with Crippen LogP contribution in [0.5, 0.6) is 0 Å². The van der Waals surface area contributed by atoms with Crippen molar-refractivity contribution in [3.05, 3.63) is 0 Å². The highest BCUT2D eigenvalue weighted by Crippen LogP contribution is 2.48. The molecule has 0 unspecified atom stereocenters. The molecule has 0 spiro atoms. The molecule has 0 amide bonds. The van der Waals surface area contributed by atoms with Crippen molar-refractivity contribution in [1.82, 2.24) is 0 Å². The van der Waals surface area contributed by atoms with Gasteiger partial charge in [0.2, 0.25) is 0 Å². The van der Waals surface area contributed by atoms with E-state index in [2.05, 4.69) is 0 Å². The highest BCUT2D eigenvalue weighted by atomic mass is 31.2. The molecule has 12 heteroatoms. The summed E-state index contributed by atoms with van der Waals surface area (Å²) >= 11 is 0. The van der Waals surface area contributed by atoms with Gasteiger partial charge >= 0.3 is 27.1 Å². The Labute approximate surface area is 153 Å². The van der Waals surface area contributed by atoms with E-state index in [1.807, 2.05) is 0 Å². The van der Waals surface area contributed by atoms with Crippen LogP contribution in [0.2, 0.25) is 0 Å². The van der Waals surface area contributed by atoms with E-state index in [9.17, 15) is 18.7 Å². The van der Waals surface area contributed by atoms with Crippen molar-refractivity contribution < 1.29 is 46.3 Å². The largest absolute Gasteiger partial charge is 0.462 e. The first-order valence-electron chi connectivity index (χ1n) is 8.31. The maximum absolute atomic E-state index is 12.2. The summed E-state index contributed by atoms with van der Waals surface area (Å²) in [5, 5.41) is 0. The van der Waals surface area contributed by atoms with Crippen LogP contribution >= 0.6 is 15.2 Å². The quantitative estimate of drug-likeness (QED) is 0.223. The van der Waals surface area contributed by atoms with Crippen molar-refractivity contribution in [1.29, 1.82) is 0 Å². The molecule has 0 saturated carbocycles. The molecule has 0 radical (unpaired) electrons. The molecule has 0 aromatic carbocycles. The fourth-order valence-corrected chi connectivity index (χ4v) is 4.67. The van der Waals surface area contributed by atoms with Crippen LogP contribution in [0, 0.1) is 0 Å². The average molecular weight is 418 g/mol. The summed E-state index contributed by atoms with van der Waals surface area (Å²) in [7, 11) is -7.08. The number of carbonyl (C=O) groups is 2. The zero-order chi connectivity index (χ0) is 20.1. The van der Waals surface area contributed by atoms with Gasteiger partial charge in [0, 0.05) is 0 Å². The predicted molar refractivity (Wildman–Crippen MR) is 93.4 cm³/mol. The maximum Gasteiger partial charge on any atom is 0.341 e. The van der Waals surface area contributed by atoms with Gasteiger partial charge in [0.15, 0.2) is 0 Å². The molecule has 0 rings (SSSR count). The van der Waals surface area contributed by atoms with E-state index in [0.717, 1.165) is 0 Å². The van der Waals surface area contributed by atoms with Gasteiger partial charge in [-0.3, -0.25) is 18.7 Å². The lowest BCUT2D eigenvalue weighted by Gasteiger charge is -2.17. The van der Waals surface area contributed by atoms with Gasteiger partial charge < -0.3 is 27.6 Å². The van der Waals surface area contributed by atoms with Gasteiger partial charge in [-0.05, 0) is 27.7 Å². The molecule has 26 heavy (non-hydrogen) atoms. The Balaban J connectivity index is 4.24. The highest BCUT2D eigenvalue weighted by molar-refractivity contribution is 7.55. The second-order valence-corrected chi connectivity index (χ2v) is 8.76. The van der Waals surface area contributed by atoms with Crippen LogP contribution in [-0.2, 0) is 46.3 Å². The van der Waals surface area contributed by atoms with Crippen molar-refractivity contribution in [2.24, 2.45) is 0 Å². The van der Waals surface area contributed by atoms with Crippen molar-refractivity contribution >= 4 is 27.1 Å². The summed E-state index contributed by atoms with van der Waals surface area (Å²) < 4.78 is 53.9. The summed E-state index contributed by atoms with van der Waals surface area (Å²) in [4.78, 5) is 23.3. The number of carbonyl (C=O) groups excluding carboxylic acids is 2. The first-order valence-corrected chi connectivity index (χ1v) is 11.8. The molecule has 0 bridgehead atoms. The number of hydrogen-bond donors (Lipinski definition) is 0. The lowest BCUT2D eigenvalue weighted by Crippen LogP contribution is -2.19. The molecule has 0 aromatic rings. The summed E-state index contributed by atoms with van der Waals surface area (Å²) in [6, 6.07) is 0. The van der Waals surface area contributed by atoms with E-state index in [-0.39, 0.29) is 39.6 Å². The molecule has 0 aromatic heterocycles. The molecule has 10 nitrogen and oxygen atoms in total. The molecule has 0 fully saturated rings. The van der Waals surface area contributed by atoms with Crippen LogP contribution < -0.4 is 0 Å². The van der Waals surface area contributed by atoms with Crippen LogP contribution in [0.3, 0.4) is 0 Å². The van der Waals surface area contributed by atoms with E-state index in [4.69, 9.17) is 27.6 Å². The maximum atomic E-state index is 12.2. The first kappa shape index (κ1) is 25.2. The lowest BCUT2D eigenvalue weighted by molar-refractivity contribution is -0.149. The Morgan fingerprint density at radius 1 is 0.615 bits per heavy atom. The Morgan fingerprint density at radius 2 is 0.885 bits per heavy atom. The number of rotatable bonds is 15. The molecule has 154 valence electrons. The van der Waals surface area contributed by atoms with E-state index in [1.165, 1.54) is 0 Å². The van der Waals surface area contributed by atoms with Gasteiger partial charge in [0.25, 0.3) is 0 Å². The van der Waals surface area contributed by atoms with Gasteiger partial charge in [0.05, 0.1) is 26.4 Å². The topological polar surface area (TPSA) is 124 Å². The molecule has 0 heterocycles. The van der Waals surface area contributed by atoms with Crippen LogP contribution in [0.25, 0.3) is 0 Å². The summed E-state index contributed by atoms with van der Waals surface area (Å²) in [5.74, 6) is -1.61. The van der Waals surface area contributed by atoms with Crippen molar-refractivity contribution in [2.45, 2.75) is 27.7 Å². The SMILES string of the molecule is CCOP(=O)(CC(=O)OCCOC(=O)CP(=O)(OCC)OCC)OCC.